The summed E-state index contributed by atoms with van der Waals surface area (Å²) in [4.78, 5) is 18.4. The van der Waals surface area contributed by atoms with Crippen LogP contribution in [0.4, 0.5) is 4.79 Å². The number of H-pyrrole nitrogens is 1. The van der Waals surface area contributed by atoms with Gasteiger partial charge in [-0.2, -0.15) is 5.10 Å². The molecule has 0 spiro atoms. The Morgan fingerprint density at radius 1 is 1.43 bits per heavy atom. The number of nitrogens with zero attached hydrogens (tertiary/aromatic N) is 3. The number of carbonyl (C=O) groups is 1. The minimum absolute atomic E-state index is 0.132. The van der Waals surface area contributed by atoms with Gasteiger partial charge in [-0.3, -0.25) is 10.1 Å². The summed E-state index contributed by atoms with van der Waals surface area (Å²) < 4.78 is 0. The molecular weight excluding hydrogens is 290 g/mol. The highest BCUT2D eigenvalue weighted by atomic mass is 16.2. The monoisotopic (exact) mass is 315 g/mol. The molecule has 2 amide bonds. The Balaban J connectivity index is 1.91. The van der Waals surface area contributed by atoms with E-state index in [1.807, 2.05) is 38.1 Å². The van der Waals surface area contributed by atoms with Crippen molar-refractivity contribution in [3.63, 3.8) is 0 Å². The van der Waals surface area contributed by atoms with Crippen LogP contribution in [0.2, 0.25) is 0 Å². The first-order chi connectivity index (χ1) is 11.0. The summed E-state index contributed by atoms with van der Waals surface area (Å²) in [5, 5.41) is 10.2. The Morgan fingerprint density at radius 3 is 2.91 bits per heavy atom. The largest absolute Gasteiger partial charge is 0.330 e. The number of aromatic amines is 1. The van der Waals surface area contributed by atoms with Crippen molar-refractivity contribution in [2.75, 3.05) is 7.05 Å². The van der Waals surface area contributed by atoms with E-state index in [2.05, 4.69) is 27.4 Å². The lowest BCUT2D eigenvalue weighted by atomic mass is 10.2. The Kier molecular flexibility index (Phi) is 5.73. The average Bonchev–Trinajstić information content (AvgIpc) is 2.94. The van der Waals surface area contributed by atoms with Gasteiger partial charge in [0.2, 0.25) is 0 Å². The number of hydrogen-bond acceptors (Lipinski definition) is 3. The topological polar surface area (TPSA) is 73.9 Å². The summed E-state index contributed by atoms with van der Waals surface area (Å²) in [6.07, 6.45) is 2.00. The Bertz CT molecular complexity index is 652. The summed E-state index contributed by atoms with van der Waals surface area (Å²) in [5.41, 5.74) is 3.78. The van der Waals surface area contributed by atoms with Gasteiger partial charge in [-0.25, -0.2) is 4.79 Å². The first-order valence-corrected chi connectivity index (χ1v) is 7.98. The van der Waals surface area contributed by atoms with Gasteiger partial charge in [0.15, 0.2) is 0 Å². The van der Waals surface area contributed by atoms with Crippen molar-refractivity contribution in [2.24, 2.45) is 0 Å². The van der Waals surface area contributed by atoms with Gasteiger partial charge in [-0.15, -0.1) is 0 Å². The van der Waals surface area contributed by atoms with Gasteiger partial charge in [0.25, 0.3) is 0 Å². The zero-order valence-electron chi connectivity index (χ0n) is 14.3. The summed E-state index contributed by atoms with van der Waals surface area (Å²) >= 11 is 0. The number of aromatic nitrogens is 3. The lowest BCUT2D eigenvalue weighted by Gasteiger charge is -2.20. The van der Waals surface area contributed by atoms with Crippen molar-refractivity contribution < 1.29 is 4.79 Å². The van der Waals surface area contributed by atoms with Gasteiger partial charge in [0, 0.05) is 12.7 Å². The minimum Gasteiger partial charge on any atom is -0.330 e. The molecule has 124 valence electrons. The van der Waals surface area contributed by atoms with Crippen molar-refractivity contribution >= 4 is 6.03 Å². The van der Waals surface area contributed by atoms with Gasteiger partial charge in [0.05, 0.1) is 29.7 Å². The molecular formula is C17H25N5O. The summed E-state index contributed by atoms with van der Waals surface area (Å²) in [7, 11) is 1.77. The lowest BCUT2D eigenvalue weighted by molar-refractivity contribution is 0.203. The molecule has 23 heavy (non-hydrogen) atoms. The molecule has 2 rings (SSSR count). The quantitative estimate of drug-likeness (QED) is 0.860. The van der Waals surface area contributed by atoms with Gasteiger partial charge in [-0.1, -0.05) is 19.4 Å². The van der Waals surface area contributed by atoms with E-state index in [1.54, 1.807) is 11.9 Å². The maximum Gasteiger partial charge on any atom is 0.318 e. The van der Waals surface area contributed by atoms with E-state index in [0.29, 0.717) is 6.54 Å². The molecule has 0 saturated carbocycles. The summed E-state index contributed by atoms with van der Waals surface area (Å²) in [6, 6.07) is 7.55. The van der Waals surface area contributed by atoms with Crippen LogP contribution in [0.15, 0.2) is 24.3 Å². The molecule has 2 heterocycles. The normalized spacial score (nSPS) is 12.0. The van der Waals surface area contributed by atoms with E-state index in [1.165, 1.54) is 0 Å². The van der Waals surface area contributed by atoms with Crippen LogP contribution in [0.3, 0.4) is 0 Å². The number of amides is 2. The van der Waals surface area contributed by atoms with Gasteiger partial charge in [0.1, 0.15) is 0 Å². The number of hydrogen-bond donors (Lipinski definition) is 2. The van der Waals surface area contributed by atoms with E-state index >= 15 is 0 Å². The first-order valence-electron chi connectivity index (χ1n) is 7.98. The summed E-state index contributed by atoms with van der Waals surface area (Å²) in [6.45, 7) is 6.49. The number of rotatable bonds is 6. The second kappa shape index (κ2) is 7.76. The van der Waals surface area contributed by atoms with E-state index in [9.17, 15) is 4.79 Å². The number of carbonyl (C=O) groups excluding carboxylic acids is 1. The third-order valence-electron chi connectivity index (χ3n) is 3.64. The molecule has 0 saturated heterocycles. The molecule has 6 nitrogen and oxygen atoms in total. The van der Waals surface area contributed by atoms with Crippen LogP contribution in [-0.2, 0) is 13.0 Å². The predicted molar refractivity (Wildman–Crippen MR) is 90.0 cm³/mol. The molecule has 0 fully saturated rings. The second-order valence-corrected chi connectivity index (χ2v) is 5.87. The third kappa shape index (κ3) is 4.81. The molecule has 6 heteroatoms. The maximum absolute atomic E-state index is 12.3. The highest BCUT2D eigenvalue weighted by Crippen LogP contribution is 2.11. The Labute approximate surface area is 137 Å². The van der Waals surface area contributed by atoms with Gasteiger partial charge in [-0.05, 0) is 38.5 Å². The van der Waals surface area contributed by atoms with Crippen LogP contribution >= 0.6 is 0 Å². The second-order valence-electron chi connectivity index (χ2n) is 5.87. The van der Waals surface area contributed by atoms with E-state index < -0.39 is 0 Å². The lowest BCUT2D eigenvalue weighted by Crippen LogP contribution is -2.38. The number of pyridine rings is 1. The zero-order chi connectivity index (χ0) is 16.8. The van der Waals surface area contributed by atoms with Crippen LogP contribution in [-0.4, -0.2) is 33.2 Å². The molecule has 2 N–H and O–H groups in total. The zero-order valence-corrected chi connectivity index (χ0v) is 14.3. The fraction of sp³-hybridized carbons (Fsp3) is 0.471. The molecule has 0 unspecified atom stereocenters. The standard InChI is InChI=1S/C17H25N5O/c1-5-7-14-10-15(21-20-14)11-22(4)17(23)19-13(3)16-9-6-8-12(2)18-16/h6,8-10,13H,5,7,11H2,1-4H3,(H,19,23)(H,20,21)/t13-/m0/s1. The molecule has 2 aromatic rings. The summed E-state index contributed by atoms with van der Waals surface area (Å²) in [5.74, 6) is 0. The molecule has 0 radical (unpaired) electrons. The van der Waals surface area contributed by atoms with Crippen LogP contribution in [0.5, 0.6) is 0 Å². The molecule has 0 aliphatic rings. The molecule has 1 atom stereocenters. The highest BCUT2D eigenvalue weighted by molar-refractivity contribution is 5.74. The van der Waals surface area contributed by atoms with Crippen molar-refractivity contribution in [2.45, 2.75) is 46.2 Å². The van der Waals surface area contributed by atoms with Crippen LogP contribution in [0.1, 0.15) is 49.1 Å². The molecule has 2 aromatic heterocycles. The van der Waals surface area contributed by atoms with Crippen LogP contribution in [0, 0.1) is 6.92 Å². The molecule has 0 bridgehead atoms. The Hall–Kier alpha value is -2.37. The van der Waals surface area contributed by atoms with E-state index in [0.717, 1.165) is 35.6 Å². The maximum atomic E-state index is 12.3. The van der Waals surface area contributed by atoms with Gasteiger partial charge < -0.3 is 10.2 Å². The minimum atomic E-state index is -0.137. The van der Waals surface area contributed by atoms with Crippen LogP contribution < -0.4 is 5.32 Å². The predicted octanol–water partition coefficient (Wildman–Crippen LogP) is 2.97. The third-order valence-corrected chi connectivity index (χ3v) is 3.64. The van der Waals surface area contributed by atoms with Crippen molar-refractivity contribution in [3.05, 3.63) is 47.0 Å². The van der Waals surface area contributed by atoms with Crippen molar-refractivity contribution in [1.29, 1.82) is 0 Å². The molecule has 0 aromatic carbocycles. The number of aryl methyl sites for hydroxylation is 2. The highest BCUT2D eigenvalue weighted by Gasteiger charge is 2.15. The van der Waals surface area contributed by atoms with Crippen LogP contribution in [0.25, 0.3) is 0 Å². The molecule has 0 aliphatic heterocycles. The SMILES string of the molecule is CCCc1cc(CN(C)C(=O)N[C@@H](C)c2cccc(C)n2)[nH]n1. The van der Waals surface area contributed by atoms with E-state index in [-0.39, 0.29) is 12.1 Å². The number of urea groups is 1. The fourth-order valence-corrected chi connectivity index (χ4v) is 2.38. The smallest absolute Gasteiger partial charge is 0.318 e. The average molecular weight is 315 g/mol. The first kappa shape index (κ1) is 17.0. The van der Waals surface area contributed by atoms with E-state index in [4.69, 9.17) is 0 Å². The number of nitrogens with one attached hydrogen (secondary N) is 2. The van der Waals surface area contributed by atoms with Crippen molar-refractivity contribution in [1.82, 2.24) is 25.4 Å². The Morgan fingerprint density at radius 2 is 2.22 bits per heavy atom. The molecule has 0 aliphatic carbocycles. The van der Waals surface area contributed by atoms with Crippen molar-refractivity contribution in [3.8, 4) is 0 Å². The van der Waals surface area contributed by atoms with Gasteiger partial charge >= 0.3 is 6.03 Å². The fourth-order valence-electron chi connectivity index (χ4n) is 2.38.